The molecule has 0 N–H and O–H groups in total. The summed E-state index contributed by atoms with van der Waals surface area (Å²) in [6.45, 7) is 9.82. The van der Waals surface area contributed by atoms with Crippen molar-refractivity contribution in [2.24, 2.45) is 0 Å². The van der Waals surface area contributed by atoms with Crippen molar-refractivity contribution >= 4 is 49.4 Å². The molecule has 0 aliphatic heterocycles. The number of hydrogen-bond donors (Lipinski definition) is 0. The maximum Gasteiger partial charge on any atom is 0.0714 e. The first-order chi connectivity index (χ1) is 31.3. The normalized spacial score (nSPS) is 15.4. The zero-order valence-corrected chi connectivity index (χ0v) is 37.1. The van der Waals surface area contributed by atoms with Gasteiger partial charge in [-0.05, 0) is 142 Å². The second-order valence-electron chi connectivity index (χ2n) is 19.4. The molecule has 2 aliphatic rings. The minimum Gasteiger partial charge on any atom is -0.310 e. The van der Waals surface area contributed by atoms with Gasteiger partial charge in [0.2, 0.25) is 0 Å². The van der Waals surface area contributed by atoms with E-state index in [1.807, 2.05) is 0 Å². The van der Waals surface area contributed by atoms with E-state index in [1.165, 1.54) is 93.6 Å². The van der Waals surface area contributed by atoms with Crippen molar-refractivity contribution in [1.29, 1.82) is 0 Å². The Balaban J connectivity index is 1.24. The second kappa shape index (κ2) is 14.4. The number of nitrogens with zero attached hydrogens (tertiary/aromatic N) is 1. The Bertz CT molecular complexity index is 3360. The van der Waals surface area contributed by atoms with Gasteiger partial charge in [-0.3, -0.25) is 0 Å². The van der Waals surface area contributed by atoms with Gasteiger partial charge in [-0.25, -0.2) is 0 Å². The molecule has 1 heteroatoms. The number of fused-ring (bicyclic) bond motifs is 10. The lowest BCUT2D eigenvalue weighted by atomic mass is 9.61. The standard InChI is InChI=1S/C63H51N/c1-61(2)37-38-62(3,4)60-52(32-20-34-57(60)61)55-40-54-51-31-18-19-33-56(51)63(42-21-8-5-9-22-42,43-23-10-6-11-24-43)58(54)41-59(55)64(44-25-12-7-13-26-44)45-35-36-50-48-29-15-14-27-46(48)47-28-16-17-30-49(47)53(50)39-45/h5-36,39-41H,37-38H2,1-4H3. The van der Waals surface area contributed by atoms with Crippen LogP contribution in [0, 0.1) is 0 Å². The quantitative estimate of drug-likeness (QED) is 0.151. The van der Waals surface area contributed by atoms with Crippen LogP contribution in [0.15, 0.2) is 212 Å². The van der Waals surface area contributed by atoms with E-state index in [0.29, 0.717) is 0 Å². The summed E-state index contributed by atoms with van der Waals surface area (Å²) in [4.78, 5) is 2.56. The van der Waals surface area contributed by atoms with E-state index in [4.69, 9.17) is 0 Å². The van der Waals surface area contributed by atoms with Crippen molar-refractivity contribution in [2.45, 2.75) is 56.8 Å². The maximum atomic E-state index is 2.58. The Morgan fingerprint density at radius 3 is 1.47 bits per heavy atom. The van der Waals surface area contributed by atoms with E-state index < -0.39 is 5.41 Å². The summed E-state index contributed by atoms with van der Waals surface area (Å²) >= 11 is 0. The molecule has 0 spiro atoms. The molecule has 0 aromatic heterocycles. The molecule has 12 rings (SSSR count). The third kappa shape index (κ3) is 5.63. The summed E-state index contributed by atoms with van der Waals surface area (Å²) in [5.74, 6) is 0. The van der Waals surface area contributed by atoms with Gasteiger partial charge in [-0.2, -0.15) is 0 Å². The Morgan fingerprint density at radius 2 is 0.828 bits per heavy atom. The molecule has 0 atom stereocenters. The summed E-state index contributed by atoms with van der Waals surface area (Å²) in [7, 11) is 0. The molecule has 0 fully saturated rings. The summed E-state index contributed by atoms with van der Waals surface area (Å²) in [6.07, 6.45) is 2.29. The fourth-order valence-electron chi connectivity index (χ4n) is 11.9. The van der Waals surface area contributed by atoms with Gasteiger partial charge in [0, 0.05) is 16.9 Å². The highest BCUT2D eigenvalue weighted by Crippen LogP contribution is 2.60. The molecule has 0 amide bonds. The average molecular weight is 822 g/mol. The minimum absolute atomic E-state index is 0.0199. The summed E-state index contributed by atoms with van der Waals surface area (Å²) < 4.78 is 0. The SMILES string of the molecule is CC1(C)CCC(C)(C)c2c(-c3cc4c(cc3N(c3ccccc3)c3ccc5c6ccccc6c6ccccc6c5c3)C(c3ccccc3)(c3ccccc3)c3ccccc3-4)cccc21. The molecule has 0 bridgehead atoms. The summed E-state index contributed by atoms with van der Waals surface area (Å²) in [5, 5.41) is 7.64. The lowest BCUT2D eigenvalue weighted by Gasteiger charge is -2.43. The molecule has 2 aliphatic carbocycles. The first-order valence-electron chi connectivity index (χ1n) is 23.0. The number of para-hydroxylation sites is 1. The van der Waals surface area contributed by atoms with E-state index in [-0.39, 0.29) is 10.8 Å². The lowest BCUT2D eigenvalue weighted by molar-refractivity contribution is 0.333. The van der Waals surface area contributed by atoms with Crippen LogP contribution >= 0.6 is 0 Å². The molecule has 10 aromatic carbocycles. The molecule has 0 heterocycles. The molecule has 64 heavy (non-hydrogen) atoms. The van der Waals surface area contributed by atoms with Crippen LogP contribution in [0.1, 0.15) is 73.9 Å². The Morgan fingerprint density at radius 1 is 0.328 bits per heavy atom. The van der Waals surface area contributed by atoms with Crippen LogP contribution in [0.4, 0.5) is 17.1 Å². The van der Waals surface area contributed by atoms with Crippen LogP contribution in [-0.4, -0.2) is 0 Å². The van der Waals surface area contributed by atoms with Crippen molar-refractivity contribution < 1.29 is 0 Å². The van der Waals surface area contributed by atoms with E-state index >= 15 is 0 Å². The van der Waals surface area contributed by atoms with Gasteiger partial charge in [-0.15, -0.1) is 0 Å². The average Bonchev–Trinajstić information content (AvgIpc) is 3.63. The van der Waals surface area contributed by atoms with Crippen molar-refractivity contribution in [3.05, 3.63) is 246 Å². The third-order valence-electron chi connectivity index (χ3n) is 15.0. The Hall–Kier alpha value is -7.22. The first-order valence-corrected chi connectivity index (χ1v) is 23.0. The highest BCUT2D eigenvalue weighted by molar-refractivity contribution is 6.26. The van der Waals surface area contributed by atoms with Crippen LogP contribution in [0.5, 0.6) is 0 Å². The molecule has 0 saturated carbocycles. The minimum atomic E-state index is -0.556. The number of benzene rings is 10. The van der Waals surface area contributed by atoms with Crippen molar-refractivity contribution in [3.8, 4) is 22.3 Å². The van der Waals surface area contributed by atoms with Crippen molar-refractivity contribution in [3.63, 3.8) is 0 Å². The van der Waals surface area contributed by atoms with Crippen molar-refractivity contribution in [2.75, 3.05) is 4.90 Å². The number of anilines is 3. The van der Waals surface area contributed by atoms with Gasteiger partial charge in [-0.1, -0.05) is 204 Å². The van der Waals surface area contributed by atoms with Crippen LogP contribution in [0.25, 0.3) is 54.6 Å². The molecule has 1 nitrogen and oxygen atoms in total. The fourth-order valence-corrected chi connectivity index (χ4v) is 11.9. The van der Waals surface area contributed by atoms with Gasteiger partial charge in [0.15, 0.2) is 0 Å². The monoisotopic (exact) mass is 821 g/mol. The van der Waals surface area contributed by atoms with Crippen LogP contribution in [0.2, 0.25) is 0 Å². The predicted molar refractivity (Wildman–Crippen MR) is 272 cm³/mol. The zero-order valence-electron chi connectivity index (χ0n) is 37.1. The molecule has 0 unspecified atom stereocenters. The molecule has 0 saturated heterocycles. The zero-order chi connectivity index (χ0) is 43.2. The fraction of sp³-hybridized carbons (Fsp3) is 0.143. The lowest BCUT2D eigenvalue weighted by Crippen LogP contribution is -2.34. The smallest absolute Gasteiger partial charge is 0.0714 e. The van der Waals surface area contributed by atoms with Gasteiger partial charge in [0.25, 0.3) is 0 Å². The maximum absolute atomic E-state index is 2.58. The topological polar surface area (TPSA) is 3.24 Å². The van der Waals surface area contributed by atoms with Crippen LogP contribution in [-0.2, 0) is 16.2 Å². The predicted octanol–water partition coefficient (Wildman–Crippen LogP) is 17.0. The first kappa shape index (κ1) is 38.5. The van der Waals surface area contributed by atoms with Gasteiger partial charge < -0.3 is 4.90 Å². The molecular weight excluding hydrogens is 771 g/mol. The van der Waals surface area contributed by atoms with Crippen molar-refractivity contribution in [1.82, 2.24) is 0 Å². The second-order valence-corrected chi connectivity index (χ2v) is 19.4. The highest BCUT2D eigenvalue weighted by atomic mass is 15.1. The van der Waals surface area contributed by atoms with Gasteiger partial charge in [0.1, 0.15) is 0 Å². The van der Waals surface area contributed by atoms with Gasteiger partial charge in [0.05, 0.1) is 11.1 Å². The Labute approximate surface area is 377 Å². The molecular formula is C63H51N. The number of rotatable bonds is 6. The van der Waals surface area contributed by atoms with E-state index in [0.717, 1.165) is 24.2 Å². The van der Waals surface area contributed by atoms with Crippen LogP contribution in [0.3, 0.4) is 0 Å². The van der Waals surface area contributed by atoms with E-state index in [2.05, 4.69) is 245 Å². The van der Waals surface area contributed by atoms with Gasteiger partial charge >= 0.3 is 0 Å². The molecule has 10 aromatic rings. The van der Waals surface area contributed by atoms with E-state index in [9.17, 15) is 0 Å². The summed E-state index contributed by atoms with van der Waals surface area (Å²) in [5.41, 5.74) is 16.1. The molecule has 0 radical (unpaired) electrons. The highest BCUT2D eigenvalue weighted by Gasteiger charge is 2.47. The number of hydrogen-bond acceptors (Lipinski definition) is 1. The third-order valence-corrected chi connectivity index (χ3v) is 15.0. The Kier molecular flexibility index (Phi) is 8.66. The summed E-state index contributed by atoms with van der Waals surface area (Å²) in [6, 6.07) is 80.0. The largest absolute Gasteiger partial charge is 0.310 e. The molecule has 308 valence electrons. The van der Waals surface area contributed by atoms with E-state index in [1.54, 1.807) is 0 Å². The van der Waals surface area contributed by atoms with Crippen LogP contribution < -0.4 is 4.90 Å².